The topological polar surface area (TPSA) is 46.3 Å². The van der Waals surface area contributed by atoms with Crippen LogP contribution in [0.15, 0.2) is 18.2 Å². The molecule has 0 radical (unpaired) electrons. The van der Waals surface area contributed by atoms with Gasteiger partial charge in [-0.3, -0.25) is 4.79 Å². The van der Waals surface area contributed by atoms with Gasteiger partial charge >= 0.3 is 0 Å². The molecule has 2 aliphatic rings. The van der Waals surface area contributed by atoms with Gasteiger partial charge in [0.1, 0.15) is 0 Å². The maximum absolute atomic E-state index is 12.7. The minimum atomic E-state index is 0.121. The summed E-state index contributed by atoms with van der Waals surface area (Å²) in [5.41, 5.74) is 8.39. The van der Waals surface area contributed by atoms with Gasteiger partial charge in [-0.15, -0.1) is 0 Å². The first-order valence-corrected chi connectivity index (χ1v) is 7.81. The van der Waals surface area contributed by atoms with Gasteiger partial charge in [-0.05, 0) is 43.2 Å². The summed E-state index contributed by atoms with van der Waals surface area (Å²) < 4.78 is 0. The zero-order valence-corrected chi connectivity index (χ0v) is 12.3. The molecule has 1 aromatic carbocycles. The van der Waals surface area contributed by atoms with E-state index >= 15 is 0 Å². The Bertz CT molecular complexity index is 512. The highest BCUT2D eigenvalue weighted by Crippen LogP contribution is 2.36. The molecular formula is C17H24N2O. The van der Waals surface area contributed by atoms with Crippen LogP contribution >= 0.6 is 0 Å². The summed E-state index contributed by atoms with van der Waals surface area (Å²) in [5, 5.41) is 0. The molecule has 1 aliphatic carbocycles. The smallest absolute Gasteiger partial charge is 0.255 e. The van der Waals surface area contributed by atoms with E-state index in [2.05, 4.69) is 0 Å². The Morgan fingerprint density at radius 3 is 2.75 bits per heavy atom. The van der Waals surface area contributed by atoms with E-state index in [1.54, 1.807) is 0 Å². The van der Waals surface area contributed by atoms with Crippen LogP contribution in [-0.2, 0) is 0 Å². The lowest BCUT2D eigenvalue weighted by Crippen LogP contribution is -2.44. The molecule has 3 rings (SSSR count). The summed E-state index contributed by atoms with van der Waals surface area (Å²) >= 11 is 0. The fourth-order valence-electron chi connectivity index (χ4n) is 3.82. The average Bonchev–Trinajstić information content (AvgIpc) is 2.49. The average molecular weight is 272 g/mol. The van der Waals surface area contributed by atoms with Crippen LogP contribution in [0.4, 0.5) is 5.69 Å². The number of piperidine rings is 1. The van der Waals surface area contributed by atoms with E-state index in [1.165, 1.54) is 32.1 Å². The molecule has 0 spiro atoms. The Kier molecular flexibility index (Phi) is 3.68. The molecular weight excluding hydrogens is 248 g/mol. The second kappa shape index (κ2) is 5.47. The number of amides is 1. The van der Waals surface area contributed by atoms with Crippen molar-refractivity contribution in [3.8, 4) is 0 Å². The highest BCUT2D eigenvalue weighted by molar-refractivity contribution is 5.99. The van der Waals surface area contributed by atoms with Crippen LogP contribution in [0.2, 0.25) is 0 Å². The van der Waals surface area contributed by atoms with Crippen LogP contribution in [0.3, 0.4) is 0 Å². The van der Waals surface area contributed by atoms with Crippen molar-refractivity contribution in [2.45, 2.75) is 39.0 Å². The van der Waals surface area contributed by atoms with Gasteiger partial charge in [-0.1, -0.05) is 31.4 Å². The Hall–Kier alpha value is -1.51. The van der Waals surface area contributed by atoms with Crippen molar-refractivity contribution >= 4 is 11.6 Å². The van der Waals surface area contributed by atoms with Gasteiger partial charge in [0.15, 0.2) is 0 Å². The number of nitrogen functional groups attached to an aromatic ring is 1. The normalized spacial score (nSPS) is 26.1. The number of anilines is 1. The summed E-state index contributed by atoms with van der Waals surface area (Å²) in [7, 11) is 0. The van der Waals surface area contributed by atoms with Crippen molar-refractivity contribution in [1.82, 2.24) is 4.90 Å². The van der Waals surface area contributed by atoms with E-state index in [1.807, 2.05) is 30.0 Å². The Morgan fingerprint density at radius 1 is 1.20 bits per heavy atom. The molecule has 3 heteroatoms. The number of fused-ring (bicyclic) bond motifs is 1. The van der Waals surface area contributed by atoms with Crippen LogP contribution in [0.5, 0.6) is 0 Å². The van der Waals surface area contributed by atoms with E-state index in [4.69, 9.17) is 5.73 Å². The summed E-state index contributed by atoms with van der Waals surface area (Å²) in [5.74, 6) is 1.69. The Balaban J connectivity index is 1.76. The fraction of sp³-hybridized carbons (Fsp3) is 0.588. The SMILES string of the molecule is Cc1cccc(C(=O)N2CCC3CCCCC3C2)c1N. The number of hydrogen-bond donors (Lipinski definition) is 1. The molecule has 1 saturated carbocycles. The minimum Gasteiger partial charge on any atom is -0.398 e. The molecule has 108 valence electrons. The third-order valence-electron chi connectivity index (χ3n) is 5.13. The molecule has 1 aliphatic heterocycles. The number of carbonyl (C=O) groups excluding carboxylic acids is 1. The van der Waals surface area contributed by atoms with Crippen molar-refractivity contribution < 1.29 is 4.79 Å². The van der Waals surface area contributed by atoms with Gasteiger partial charge in [0.05, 0.1) is 5.56 Å². The maximum atomic E-state index is 12.7. The van der Waals surface area contributed by atoms with Crippen molar-refractivity contribution in [3.63, 3.8) is 0 Å². The van der Waals surface area contributed by atoms with E-state index in [9.17, 15) is 4.79 Å². The minimum absolute atomic E-state index is 0.121. The van der Waals surface area contributed by atoms with Gasteiger partial charge in [0.25, 0.3) is 5.91 Å². The van der Waals surface area contributed by atoms with Gasteiger partial charge in [-0.2, -0.15) is 0 Å². The standard InChI is InChI=1S/C17H24N2O/c1-12-5-4-8-15(16(12)18)17(20)19-10-9-13-6-2-3-7-14(13)11-19/h4-5,8,13-14H,2-3,6-7,9-11,18H2,1H3. The monoisotopic (exact) mass is 272 g/mol. The third-order valence-corrected chi connectivity index (χ3v) is 5.13. The van der Waals surface area contributed by atoms with Crippen LogP contribution in [0, 0.1) is 18.8 Å². The number of carbonyl (C=O) groups is 1. The molecule has 20 heavy (non-hydrogen) atoms. The van der Waals surface area contributed by atoms with E-state index in [0.717, 1.165) is 24.6 Å². The summed E-state index contributed by atoms with van der Waals surface area (Å²) in [6.07, 6.45) is 6.52. The number of likely N-dealkylation sites (tertiary alicyclic amines) is 1. The molecule has 1 amide bonds. The summed E-state index contributed by atoms with van der Waals surface area (Å²) in [4.78, 5) is 14.7. The van der Waals surface area contributed by atoms with Gasteiger partial charge in [-0.25, -0.2) is 0 Å². The van der Waals surface area contributed by atoms with E-state index in [0.29, 0.717) is 17.2 Å². The molecule has 2 unspecified atom stereocenters. The van der Waals surface area contributed by atoms with Crippen LogP contribution in [0.25, 0.3) is 0 Å². The summed E-state index contributed by atoms with van der Waals surface area (Å²) in [6.45, 7) is 3.78. The number of para-hydroxylation sites is 1. The molecule has 0 aromatic heterocycles. The Morgan fingerprint density at radius 2 is 1.95 bits per heavy atom. The largest absolute Gasteiger partial charge is 0.398 e. The Labute approximate surface area is 121 Å². The molecule has 3 nitrogen and oxygen atoms in total. The first-order valence-electron chi connectivity index (χ1n) is 7.81. The highest BCUT2D eigenvalue weighted by atomic mass is 16.2. The second-order valence-corrected chi connectivity index (χ2v) is 6.38. The highest BCUT2D eigenvalue weighted by Gasteiger charge is 2.33. The first kappa shape index (κ1) is 13.5. The zero-order valence-electron chi connectivity index (χ0n) is 12.3. The van der Waals surface area contributed by atoms with Crippen LogP contribution < -0.4 is 5.73 Å². The van der Waals surface area contributed by atoms with Crippen LogP contribution in [0.1, 0.15) is 48.0 Å². The number of nitrogens with two attached hydrogens (primary N) is 1. The van der Waals surface area contributed by atoms with Crippen molar-refractivity contribution in [2.24, 2.45) is 11.8 Å². The fourth-order valence-corrected chi connectivity index (χ4v) is 3.82. The van der Waals surface area contributed by atoms with Crippen molar-refractivity contribution in [1.29, 1.82) is 0 Å². The lowest BCUT2D eigenvalue weighted by atomic mass is 9.75. The van der Waals surface area contributed by atoms with Gasteiger partial charge in [0.2, 0.25) is 0 Å². The van der Waals surface area contributed by atoms with Gasteiger partial charge < -0.3 is 10.6 Å². The van der Waals surface area contributed by atoms with E-state index in [-0.39, 0.29) is 5.91 Å². The number of aryl methyl sites for hydroxylation is 1. The molecule has 1 aromatic rings. The molecule has 2 atom stereocenters. The maximum Gasteiger partial charge on any atom is 0.255 e. The lowest BCUT2D eigenvalue weighted by molar-refractivity contribution is 0.0522. The van der Waals surface area contributed by atoms with Crippen LogP contribution in [-0.4, -0.2) is 23.9 Å². The number of nitrogens with zero attached hydrogens (tertiary/aromatic N) is 1. The predicted molar refractivity (Wildman–Crippen MR) is 81.6 cm³/mol. The summed E-state index contributed by atoms with van der Waals surface area (Å²) in [6, 6.07) is 5.74. The predicted octanol–water partition coefficient (Wildman–Crippen LogP) is 3.23. The lowest BCUT2D eigenvalue weighted by Gasteiger charge is -2.41. The third kappa shape index (κ3) is 2.41. The molecule has 0 bridgehead atoms. The number of rotatable bonds is 1. The van der Waals surface area contributed by atoms with E-state index < -0.39 is 0 Å². The molecule has 1 heterocycles. The van der Waals surface area contributed by atoms with Crippen molar-refractivity contribution in [2.75, 3.05) is 18.8 Å². The quantitative estimate of drug-likeness (QED) is 0.798. The van der Waals surface area contributed by atoms with Crippen molar-refractivity contribution in [3.05, 3.63) is 29.3 Å². The molecule has 2 fully saturated rings. The molecule has 2 N–H and O–H groups in total. The van der Waals surface area contributed by atoms with Gasteiger partial charge in [0, 0.05) is 18.8 Å². The number of hydrogen-bond acceptors (Lipinski definition) is 2. The number of benzene rings is 1. The molecule has 1 saturated heterocycles. The first-order chi connectivity index (χ1) is 9.66. The second-order valence-electron chi connectivity index (χ2n) is 6.38. The zero-order chi connectivity index (χ0) is 14.1.